The van der Waals surface area contributed by atoms with Crippen LogP contribution in [-0.4, -0.2) is 12.8 Å². The Morgan fingerprint density at radius 3 is 2.46 bits per heavy atom. The van der Waals surface area contributed by atoms with Crippen molar-refractivity contribution in [2.45, 2.75) is 19.4 Å². The summed E-state index contributed by atoms with van der Waals surface area (Å²) in [5.41, 5.74) is 1.17. The van der Waals surface area contributed by atoms with Gasteiger partial charge < -0.3 is 5.32 Å². The first-order chi connectivity index (χ1) is 6.24. The largest absolute Gasteiger partial charge is 0.313 e. The highest BCUT2D eigenvalue weighted by Gasteiger charge is 2.09. The number of nitrogens with one attached hydrogen (secondary N) is 1. The summed E-state index contributed by atoms with van der Waals surface area (Å²) in [6, 6.07) is 10.2. The van der Waals surface area contributed by atoms with Gasteiger partial charge in [-0.3, -0.25) is 4.79 Å². The summed E-state index contributed by atoms with van der Waals surface area (Å²) in [5.74, 6) is 0.211. The third kappa shape index (κ3) is 2.99. The minimum atomic E-state index is 0.152. The van der Waals surface area contributed by atoms with Crippen molar-refractivity contribution in [3.63, 3.8) is 0 Å². The van der Waals surface area contributed by atoms with Crippen LogP contribution in [0.3, 0.4) is 0 Å². The molecule has 0 bridgehead atoms. The Morgan fingerprint density at radius 1 is 1.38 bits per heavy atom. The maximum Gasteiger partial charge on any atom is 0.131 e. The van der Waals surface area contributed by atoms with Crippen molar-refractivity contribution in [3.8, 4) is 0 Å². The molecular formula is C11H15NO. The Balaban J connectivity index is 2.73. The molecule has 1 rings (SSSR count). The molecule has 0 radical (unpaired) electrons. The lowest BCUT2D eigenvalue weighted by atomic mass is 10.0. The maximum atomic E-state index is 10.9. The molecule has 0 spiro atoms. The number of Topliss-reactive ketones (excluding diaryl/α,β-unsaturated/α-hetero) is 1. The number of rotatable bonds is 4. The molecule has 0 unspecified atom stereocenters. The molecule has 0 heterocycles. The molecule has 0 aliphatic carbocycles. The highest BCUT2D eigenvalue weighted by atomic mass is 16.1. The summed E-state index contributed by atoms with van der Waals surface area (Å²) in [6.45, 7) is 1.62. The minimum absolute atomic E-state index is 0.152. The highest BCUT2D eigenvalue weighted by molar-refractivity contribution is 5.76. The van der Waals surface area contributed by atoms with Gasteiger partial charge in [0.25, 0.3) is 0 Å². The van der Waals surface area contributed by atoms with E-state index >= 15 is 0 Å². The molecule has 1 N–H and O–H groups in total. The predicted molar refractivity (Wildman–Crippen MR) is 53.5 cm³/mol. The smallest absolute Gasteiger partial charge is 0.131 e. The van der Waals surface area contributed by atoms with Crippen LogP contribution < -0.4 is 5.32 Å². The van der Waals surface area contributed by atoms with Gasteiger partial charge in [0.05, 0.1) is 0 Å². The summed E-state index contributed by atoms with van der Waals surface area (Å²) in [4.78, 5) is 10.9. The molecular weight excluding hydrogens is 162 g/mol. The lowest BCUT2D eigenvalue weighted by Gasteiger charge is -2.14. The third-order valence-electron chi connectivity index (χ3n) is 2.04. The number of benzene rings is 1. The van der Waals surface area contributed by atoms with E-state index in [0.29, 0.717) is 6.42 Å². The molecule has 70 valence electrons. The molecule has 2 heteroatoms. The van der Waals surface area contributed by atoms with Crippen molar-refractivity contribution in [3.05, 3.63) is 35.9 Å². The fourth-order valence-electron chi connectivity index (χ4n) is 1.36. The lowest BCUT2D eigenvalue weighted by Crippen LogP contribution is -2.18. The van der Waals surface area contributed by atoms with Gasteiger partial charge in [0.2, 0.25) is 0 Å². The molecule has 1 atom stereocenters. The topological polar surface area (TPSA) is 29.1 Å². The standard InChI is InChI=1S/C11H15NO/c1-9(13)8-11(12-2)10-6-4-3-5-7-10/h3-7,11-12H,8H2,1-2H3/t11-/m1/s1. The molecule has 0 saturated heterocycles. The first kappa shape index (κ1) is 9.93. The normalized spacial score (nSPS) is 12.5. The summed E-state index contributed by atoms with van der Waals surface area (Å²) in [7, 11) is 1.88. The molecule has 0 saturated carbocycles. The lowest BCUT2D eigenvalue weighted by molar-refractivity contribution is -0.117. The van der Waals surface area contributed by atoms with E-state index in [1.54, 1.807) is 6.92 Å². The Kier molecular flexibility index (Phi) is 3.65. The Labute approximate surface area is 79.0 Å². The predicted octanol–water partition coefficient (Wildman–Crippen LogP) is 1.93. The van der Waals surface area contributed by atoms with E-state index in [0.717, 1.165) is 0 Å². The van der Waals surface area contributed by atoms with Crippen LogP contribution in [-0.2, 0) is 4.79 Å². The first-order valence-electron chi connectivity index (χ1n) is 4.45. The van der Waals surface area contributed by atoms with Crippen LogP contribution in [0.4, 0.5) is 0 Å². The van der Waals surface area contributed by atoms with Crippen LogP contribution in [0.1, 0.15) is 24.9 Å². The van der Waals surface area contributed by atoms with Gasteiger partial charge in [0.1, 0.15) is 5.78 Å². The fraction of sp³-hybridized carbons (Fsp3) is 0.364. The van der Waals surface area contributed by atoms with Gasteiger partial charge in [-0.25, -0.2) is 0 Å². The fourth-order valence-corrected chi connectivity index (χ4v) is 1.36. The van der Waals surface area contributed by atoms with Crippen molar-refractivity contribution in [1.29, 1.82) is 0 Å². The highest BCUT2D eigenvalue weighted by Crippen LogP contribution is 2.15. The number of hydrogen-bond acceptors (Lipinski definition) is 2. The van der Waals surface area contributed by atoms with Gasteiger partial charge >= 0.3 is 0 Å². The van der Waals surface area contributed by atoms with Gasteiger partial charge in [-0.05, 0) is 19.5 Å². The number of carbonyl (C=O) groups excluding carboxylic acids is 1. The van der Waals surface area contributed by atoms with E-state index in [9.17, 15) is 4.79 Å². The number of hydrogen-bond donors (Lipinski definition) is 1. The first-order valence-corrected chi connectivity index (χ1v) is 4.45. The van der Waals surface area contributed by atoms with Crippen LogP contribution in [0, 0.1) is 0 Å². The van der Waals surface area contributed by atoms with Crippen molar-refractivity contribution >= 4 is 5.78 Å². The van der Waals surface area contributed by atoms with Gasteiger partial charge in [0.15, 0.2) is 0 Å². The van der Waals surface area contributed by atoms with Gasteiger partial charge in [-0.2, -0.15) is 0 Å². The minimum Gasteiger partial charge on any atom is -0.313 e. The van der Waals surface area contributed by atoms with E-state index in [4.69, 9.17) is 0 Å². The monoisotopic (exact) mass is 177 g/mol. The second-order valence-electron chi connectivity index (χ2n) is 3.16. The van der Waals surface area contributed by atoms with Crippen LogP contribution in [0.2, 0.25) is 0 Å². The van der Waals surface area contributed by atoms with Gasteiger partial charge in [-0.1, -0.05) is 30.3 Å². The van der Waals surface area contributed by atoms with E-state index in [-0.39, 0.29) is 11.8 Å². The van der Waals surface area contributed by atoms with Crippen LogP contribution in [0.15, 0.2) is 30.3 Å². The number of ketones is 1. The van der Waals surface area contributed by atoms with Gasteiger partial charge in [0, 0.05) is 12.5 Å². The number of carbonyl (C=O) groups is 1. The van der Waals surface area contributed by atoms with Crippen molar-refractivity contribution in [1.82, 2.24) is 5.32 Å². The summed E-state index contributed by atoms with van der Waals surface area (Å²) in [6.07, 6.45) is 0.556. The Hall–Kier alpha value is -1.15. The van der Waals surface area contributed by atoms with Gasteiger partial charge in [-0.15, -0.1) is 0 Å². The zero-order valence-electron chi connectivity index (χ0n) is 8.08. The Morgan fingerprint density at radius 2 is 2.00 bits per heavy atom. The average Bonchev–Trinajstić information content (AvgIpc) is 2.15. The zero-order valence-corrected chi connectivity index (χ0v) is 8.08. The third-order valence-corrected chi connectivity index (χ3v) is 2.04. The van der Waals surface area contributed by atoms with Crippen molar-refractivity contribution in [2.75, 3.05) is 7.05 Å². The summed E-state index contributed by atoms with van der Waals surface area (Å²) < 4.78 is 0. The Bertz CT molecular complexity index is 269. The van der Waals surface area contributed by atoms with Crippen LogP contribution >= 0.6 is 0 Å². The second kappa shape index (κ2) is 4.77. The van der Waals surface area contributed by atoms with Crippen LogP contribution in [0.25, 0.3) is 0 Å². The SMILES string of the molecule is CN[C@H](CC(C)=O)c1ccccc1. The van der Waals surface area contributed by atoms with E-state index < -0.39 is 0 Å². The molecule has 2 nitrogen and oxygen atoms in total. The zero-order chi connectivity index (χ0) is 9.68. The van der Waals surface area contributed by atoms with Crippen LogP contribution in [0.5, 0.6) is 0 Å². The summed E-state index contributed by atoms with van der Waals surface area (Å²) in [5, 5.41) is 3.13. The molecule has 13 heavy (non-hydrogen) atoms. The quantitative estimate of drug-likeness (QED) is 0.761. The van der Waals surface area contributed by atoms with E-state index in [1.807, 2.05) is 37.4 Å². The molecule has 0 amide bonds. The maximum absolute atomic E-state index is 10.9. The molecule has 0 aromatic heterocycles. The average molecular weight is 177 g/mol. The molecule has 0 aliphatic heterocycles. The molecule has 0 aliphatic rings. The van der Waals surface area contributed by atoms with E-state index in [1.165, 1.54) is 5.56 Å². The summed E-state index contributed by atoms with van der Waals surface area (Å²) >= 11 is 0. The van der Waals surface area contributed by atoms with Crippen molar-refractivity contribution in [2.24, 2.45) is 0 Å². The molecule has 1 aromatic carbocycles. The van der Waals surface area contributed by atoms with Crippen molar-refractivity contribution < 1.29 is 4.79 Å². The second-order valence-corrected chi connectivity index (χ2v) is 3.16. The van der Waals surface area contributed by atoms with E-state index in [2.05, 4.69) is 5.32 Å². The molecule has 1 aromatic rings. The molecule has 0 fully saturated rings.